The summed E-state index contributed by atoms with van der Waals surface area (Å²) in [6, 6.07) is 0. The lowest BCUT2D eigenvalue weighted by Crippen LogP contribution is -2.47. The zero-order valence-electron chi connectivity index (χ0n) is 13.9. The molecule has 1 saturated carbocycles. The van der Waals surface area contributed by atoms with Crippen LogP contribution in [0.15, 0.2) is 0 Å². The van der Waals surface area contributed by atoms with Crippen LogP contribution in [0.1, 0.15) is 65.7 Å². The van der Waals surface area contributed by atoms with Crippen LogP contribution >= 0.6 is 0 Å². The van der Waals surface area contributed by atoms with Crippen molar-refractivity contribution < 1.29 is 14.6 Å². The summed E-state index contributed by atoms with van der Waals surface area (Å²) in [5.74, 6) is 1.12. The first-order valence-electron chi connectivity index (χ1n) is 9.00. The van der Waals surface area contributed by atoms with E-state index in [1.807, 2.05) is 0 Å². The standard InChI is InChI=1S/C18H32O3/c1-12-13(2)21-14(3)16(12)17(19)15-7-10-20-18(11-15)8-5-4-6-9-18/h12-17,19H,4-11H2,1-3H3. The van der Waals surface area contributed by atoms with E-state index in [1.165, 1.54) is 32.1 Å². The summed E-state index contributed by atoms with van der Waals surface area (Å²) in [7, 11) is 0. The summed E-state index contributed by atoms with van der Waals surface area (Å²) >= 11 is 0. The lowest BCUT2D eigenvalue weighted by molar-refractivity contribution is -0.142. The molecule has 122 valence electrons. The number of hydrogen-bond donors (Lipinski definition) is 1. The van der Waals surface area contributed by atoms with Crippen molar-refractivity contribution in [3.63, 3.8) is 0 Å². The molecule has 1 N–H and O–H groups in total. The predicted molar refractivity (Wildman–Crippen MR) is 83.2 cm³/mol. The quantitative estimate of drug-likeness (QED) is 0.847. The topological polar surface area (TPSA) is 38.7 Å². The van der Waals surface area contributed by atoms with E-state index >= 15 is 0 Å². The van der Waals surface area contributed by atoms with Gasteiger partial charge in [0, 0.05) is 12.5 Å². The minimum atomic E-state index is -0.234. The predicted octanol–water partition coefficient (Wildman–Crippen LogP) is 3.54. The minimum absolute atomic E-state index is 0.0830. The largest absolute Gasteiger partial charge is 0.392 e. The molecular weight excluding hydrogens is 264 g/mol. The highest BCUT2D eigenvalue weighted by Gasteiger charge is 2.47. The lowest BCUT2D eigenvalue weighted by Gasteiger charge is -2.46. The Balaban J connectivity index is 1.68. The first-order chi connectivity index (χ1) is 10.0. The van der Waals surface area contributed by atoms with E-state index in [-0.39, 0.29) is 29.8 Å². The third-order valence-electron chi connectivity index (χ3n) is 6.49. The molecule has 3 heteroatoms. The van der Waals surface area contributed by atoms with Gasteiger partial charge in [0.1, 0.15) is 0 Å². The minimum Gasteiger partial charge on any atom is -0.392 e. The molecule has 3 fully saturated rings. The highest BCUT2D eigenvalue weighted by molar-refractivity contribution is 4.96. The fraction of sp³-hybridized carbons (Fsp3) is 1.00. The molecule has 3 aliphatic rings. The molecule has 0 bridgehead atoms. The maximum atomic E-state index is 11.0. The van der Waals surface area contributed by atoms with E-state index in [2.05, 4.69) is 20.8 Å². The number of aliphatic hydroxyl groups is 1. The molecule has 3 rings (SSSR count). The Bertz CT molecular complexity index is 345. The van der Waals surface area contributed by atoms with Gasteiger partial charge in [-0.05, 0) is 51.4 Å². The van der Waals surface area contributed by atoms with Crippen molar-refractivity contribution in [3.05, 3.63) is 0 Å². The second kappa shape index (κ2) is 6.17. The van der Waals surface area contributed by atoms with Crippen molar-refractivity contribution in [2.24, 2.45) is 17.8 Å². The fourth-order valence-electron chi connectivity index (χ4n) is 5.10. The second-order valence-electron chi connectivity index (χ2n) is 7.82. The van der Waals surface area contributed by atoms with Gasteiger partial charge in [-0.3, -0.25) is 0 Å². The molecule has 2 aliphatic heterocycles. The normalized spacial score (nSPS) is 44.9. The van der Waals surface area contributed by atoms with Crippen LogP contribution in [0, 0.1) is 17.8 Å². The van der Waals surface area contributed by atoms with Gasteiger partial charge in [-0.25, -0.2) is 0 Å². The number of rotatable bonds is 2. The SMILES string of the molecule is CC1OC(C)C(C(O)C2CCOC3(CCCCC3)C2)C1C. The molecule has 0 aromatic heterocycles. The fourth-order valence-corrected chi connectivity index (χ4v) is 5.10. The van der Waals surface area contributed by atoms with Gasteiger partial charge in [0.15, 0.2) is 0 Å². The van der Waals surface area contributed by atoms with Crippen molar-refractivity contribution in [1.29, 1.82) is 0 Å². The Hall–Kier alpha value is -0.120. The first kappa shape index (κ1) is 15.8. The summed E-state index contributed by atoms with van der Waals surface area (Å²) < 4.78 is 12.1. The number of hydrogen-bond acceptors (Lipinski definition) is 3. The van der Waals surface area contributed by atoms with Crippen LogP contribution in [0.4, 0.5) is 0 Å². The molecular formula is C18H32O3. The van der Waals surface area contributed by atoms with Crippen molar-refractivity contribution in [3.8, 4) is 0 Å². The van der Waals surface area contributed by atoms with Crippen LogP contribution in [0.2, 0.25) is 0 Å². The maximum absolute atomic E-state index is 11.0. The Kier molecular flexibility index (Phi) is 4.63. The van der Waals surface area contributed by atoms with Crippen molar-refractivity contribution >= 4 is 0 Å². The van der Waals surface area contributed by atoms with Crippen molar-refractivity contribution in [2.45, 2.75) is 89.6 Å². The van der Waals surface area contributed by atoms with Crippen LogP contribution in [0.5, 0.6) is 0 Å². The molecule has 0 aromatic carbocycles. The molecule has 0 radical (unpaired) electrons. The smallest absolute Gasteiger partial charge is 0.0686 e. The molecule has 6 atom stereocenters. The summed E-state index contributed by atoms with van der Waals surface area (Å²) in [6.45, 7) is 7.33. The molecule has 21 heavy (non-hydrogen) atoms. The first-order valence-corrected chi connectivity index (χ1v) is 9.00. The van der Waals surface area contributed by atoms with Crippen LogP contribution in [-0.2, 0) is 9.47 Å². The van der Waals surface area contributed by atoms with Gasteiger partial charge in [0.2, 0.25) is 0 Å². The van der Waals surface area contributed by atoms with Gasteiger partial charge in [-0.1, -0.05) is 26.2 Å². The molecule has 0 amide bonds. The average molecular weight is 296 g/mol. The van der Waals surface area contributed by atoms with Gasteiger partial charge >= 0.3 is 0 Å². The second-order valence-corrected chi connectivity index (χ2v) is 7.82. The highest BCUT2D eigenvalue weighted by atomic mass is 16.5. The van der Waals surface area contributed by atoms with E-state index in [1.54, 1.807) is 0 Å². The third-order valence-corrected chi connectivity index (χ3v) is 6.49. The zero-order valence-corrected chi connectivity index (χ0v) is 13.9. The molecule has 1 aliphatic carbocycles. The number of aliphatic hydroxyl groups excluding tert-OH is 1. The van der Waals surface area contributed by atoms with E-state index in [0.717, 1.165) is 19.4 Å². The van der Waals surface area contributed by atoms with Gasteiger partial charge in [0.05, 0.1) is 23.9 Å². The van der Waals surface area contributed by atoms with Crippen molar-refractivity contribution in [2.75, 3.05) is 6.61 Å². The lowest BCUT2D eigenvalue weighted by atomic mass is 9.70. The summed E-state index contributed by atoms with van der Waals surface area (Å²) in [4.78, 5) is 0. The van der Waals surface area contributed by atoms with Gasteiger partial charge in [-0.2, -0.15) is 0 Å². The molecule has 1 spiro atoms. The van der Waals surface area contributed by atoms with E-state index in [0.29, 0.717) is 11.8 Å². The Morgan fingerprint density at radius 3 is 2.38 bits per heavy atom. The number of ether oxygens (including phenoxy) is 2. The van der Waals surface area contributed by atoms with Gasteiger partial charge < -0.3 is 14.6 Å². The van der Waals surface area contributed by atoms with E-state index < -0.39 is 0 Å². The van der Waals surface area contributed by atoms with Crippen LogP contribution in [0.25, 0.3) is 0 Å². The average Bonchev–Trinajstić information content (AvgIpc) is 2.72. The molecule has 3 nitrogen and oxygen atoms in total. The Labute approximate surface area is 129 Å². The molecule has 6 unspecified atom stereocenters. The molecule has 0 aromatic rings. The highest BCUT2D eigenvalue weighted by Crippen LogP contribution is 2.45. The van der Waals surface area contributed by atoms with E-state index in [9.17, 15) is 5.11 Å². The van der Waals surface area contributed by atoms with Crippen LogP contribution in [0.3, 0.4) is 0 Å². The summed E-state index contributed by atoms with van der Waals surface area (Å²) in [5.41, 5.74) is 0.0830. The zero-order chi connectivity index (χ0) is 15.0. The van der Waals surface area contributed by atoms with E-state index in [4.69, 9.17) is 9.47 Å². The Morgan fingerprint density at radius 2 is 1.76 bits per heavy atom. The molecule has 2 heterocycles. The van der Waals surface area contributed by atoms with Crippen LogP contribution < -0.4 is 0 Å². The summed E-state index contributed by atoms with van der Waals surface area (Å²) in [6.07, 6.45) is 8.59. The maximum Gasteiger partial charge on any atom is 0.0686 e. The third kappa shape index (κ3) is 3.02. The van der Waals surface area contributed by atoms with Gasteiger partial charge in [0.25, 0.3) is 0 Å². The van der Waals surface area contributed by atoms with Crippen LogP contribution in [-0.4, -0.2) is 35.6 Å². The van der Waals surface area contributed by atoms with Gasteiger partial charge in [-0.15, -0.1) is 0 Å². The monoisotopic (exact) mass is 296 g/mol. The Morgan fingerprint density at radius 1 is 1.05 bits per heavy atom. The summed E-state index contributed by atoms with van der Waals surface area (Å²) in [5, 5.41) is 11.0. The molecule has 2 saturated heterocycles. The van der Waals surface area contributed by atoms with Crippen molar-refractivity contribution in [1.82, 2.24) is 0 Å².